The van der Waals surface area contributed by atoms with Gasteiger partial charge in [-0.3, -0.25) is 15.1 Å². The third kappa shape index (κ3) is 4.55. The Morgan fingerprint density at radius 2 is 1.76 bits per heavy atom. The molecular formula is C29H26FN7O. The Balaban J connectivity index is 1.40. The van der Waals surface area contributed by atoms with Crippen LogP contribution in [0.15, 0.2) is 73.2 Å². The van der Waals surface area contributed by atoms with Crippen LogP contribution in [0.4, 0.5) is 10.1 Å². The van der Waals surface area contributed by atoms with Crippen LogP contribution in [0.25, 0.3) is 55.6 Å². The Labute approximate surface area is 218 Å². The molecule has 0 atom stereocenters. The van der Waals surface area contributed by atoms with Crippen molar-refractivity contribution in [3.8, 4) is 39.5 Å². The highest BCUT2D eigenvalue weighted by Gasteiger charge is 2.16. The van der Waals surface area contributed by atoms with Crippen molar-refractivity contribution in [1.29, 1.82) is 0 Å². The topological polar surface area (TPSA) is 109 Å². The lowest BCUT2D eigenvalue weighted by atomic mass is 10.0. The van der Waals surface area contributed by atoms with Crippen molar-refractivity contribution in [2.75, 3.05) is 33.0 Å². The summed E-state index contributed by atoms with van der Waals surface area (Å²) in [5, 5.41) is 9.52. The number of nitrogens with two attached hydrogens (primary N) is 1. The normalized spacial score (nSPS) is 11.6. The monoisotopic (exact) mass is 507 g/mol. The Morgan fingerprint density at radius 1 is 0.895 bits per heavy atom. The lowest BCUT2D eigenvalue weighted by Crippen LogP contribution is -2.19. The van der Waals surface area contributed by atoms with E-state index in [2.05, 4.69) is 31.2 Å². The summed E-state index contributed by atoms with van der Waals surface area (Å²) in [6, 6.07) is 16.6. The summed E-state index contributed by atoms with van der Waals surface area (Å²) in [7, 11) is 3.93. The molecule has 0 aliphatic carbocycles. The second-order valence-electron chi connectivity index (χ2n) is 9.47. The number of halogens is 1. The minimum Gasteiger partial charge on any atom is -0.492 e. The first-order valence-electron chi connectivity index (χ1n) is 12.2. The van der Waals surface area contributed by atoms with Crippen LogP contribution in [-0.4, -0.2) is 57.3 Å². The molecule has 8 nitrogen and oxygen atoms in total. The zero-order valence-corrected chi connectivity index (χ0v) is 21.0. The summed E-state index contributed by atoms with van der Waals surface area (Å²) in [4.78, 5) is 14.3. The number of nitrogens with zero attached hydrogens (tertiary/aromatic N) is 4. The minimum absolute atomic E-state index is 0.376. The van der Waals surface area contributed by atoms with E-state index < -0.39 is 0 Å². The van der Waals surface area contributed by atoms with Crippen molar-refractivity contribution >= 4 is 27.5 Å². The fourth-order valence-corrected chi connectivity index (χ4v) is 4.55. The number of aromatic nitrogens is 5. The number of nitrogen functional groups attached to an aromatic ring is 1. The van der Waals surface area contributed by atoms with Crippen molar-refractivity contribution < 1.29 is 9.13 Å². The summed E-state index contributed by atoms with van der Waals surface area (Å²) >= 11 is 0. The standard InChI is InChI=1S/C29H26FN7O/c1-37(2)7-8-38-22-11-18(9-20(30)13-22)28-24-14-27(34-25(24)5-6-33-28)29-23-12-17(3-4-26(23)35-36-29)19-10-21(31)16-32-15-19/h3-6,9-16,34H,7-8,31H2,1-2H3,(H,35,36). The van der Waals surface area contributed by atoms with E-state index in [9.17, 15) is 4.39 Å². The minimum atomic E-state index is -0.376. The van der Waals surface area contributed by atoms with Gasteiger partial charge in [-0.1, -0.05) is 6.07 Å². The van der Waals surface area contributed by atoms with Crippen LogP contribution in [0.3, 0.4) is 0 Å². The molecule has 0 fully saturated rings. The highest BCUT2D eigenvalue weighted by Crippen LogP contribution is 2.35. The average Bonchev–Trinajstić information content (AvgIpc) is 3.51. The van der Waals surface area contributed by atoms with Crippen LogP contribution in [-0.2, 0) is 0 Å². The summed E-state index contributed by atoms with van der Waals surface area (Å²) in [6.07, 6.45) is 5.12. The summed E-state index contributed by atoms with van der Waals surface area (Å²) < 4.78 is 20.3. The molecule has 0 saturated carbocycles. The number of hydrogen-bond acceptors (Lipinski definition) is 6. The molecule has 2 aromatic carbocycles. The third-order valence-corrected chi connectivity index (χ3v) is 6.41. The van der Waals surface area contributed by atoms with Crippen LogP contribution in [0, 0.1) is 5.82 Å². The van der Waals surface area contributed by atoms with Gasteiger partial charge in [0.1, 0.15) is 23.9 Å². The summed E-state index contributed by atoms with van der Waals surface area (Å²) in [5.41, 5.74) is 13.1. The molecule has 4 heterocycles. The number of nitrogens with one attached hydrogen (secondary N) is 2. The SMILES string of the molecule is CN(C)CCOc1cc(F)cc(-c2nccc3[nH]c(-c4n[nH]c5ccc(-c6cncc(N)c6)cc45)cc23)c1. The van der Waals surface area contributed by atoms with Gasteiger partial charge in [0, 0.05) is 58.6 Å². The molecule has 4 N–H and O–H groups in total. The molecule has 9 heteroatoms. The van der Waals surface area contributed by atoms with Gasteiger partial charge in [0.05, 0.1) is 22.6 Å². The second-order valence-corrected chi connectivity index (χ2v) is 9.47. The van der Waals surface area contributed by atoms with Crippen molar-refractivity contribution in [1.82, 2.24) is 30.0 Å². The molecule has 6 aromatic rings. The first-order chi connectivity index (χ1) is 18.4. The fourth-order valence-electron chi connectivity index (χ4n) is 4.55. The number of benzene rings is 2. The molecule has 0 saturated heterocycles. The van der Waals surface area contributed by atoms with E-state index in [0.717, 1.165) is 50.9 Å². The molecule has 0 radical (unpaired) electrons. The maximum Gasteiger partial charge on any atom is 0.127 e. The zero-order valence-electron chi connectivity index (χ0n) is 21.0. The number of anilines is 1. The number of aromatic amines is 2. The number of likely N-dealkylation sites (N-methyl/N-ethyl adjacent to an activating group) is 1. The van der Waals surface area contributed by atoms with Crippen LogP contribution in [0.5, 0.6) is 5.75 Å². The fraction of sp³-hybridized carbons (Fsp3) is 0.138. The van der Waals surface area contributed by atoms with Crippen LogP contribution in [0.1, 0.15) is 0 Å². The van der Waals surface area contributed by atoms with Crippen LogP contribution in [0.2, 0.25) is 0 Å². The Bertz CT molecular complexity index is 1770. The number of fused-ring (bicyclic) bond motifs is 2. The Hall–Kier alpha value is -4.76. The molecule has 4 aromatic heterocycles. The number of H-pyrrole nitrogens is 2. The molecule has 0 amide bonds. The van der Waals surface area contributed by atoms with E-state index >= 15 is 0 Å². The highest BCUT2D eigenvalue weighted by atomic mass is 19.1. The number of pyridine rings is 2. The Morgan fingerprint density at radius 3 is 2.61 bits per heavy atom. The van der Waals surface area contributed by atoms with Gasteiger partial charge in [0.25, 0.3) is 0 Å². The van der Waals surface area contributed by atoms with Gasteiger partial charge < -0.3 is 20.4 Å². The molecule has 6 rings (SSSR count). The highest BCUT2D eigenvalue weighted by molar-refractivity contribution is 6.01. The van der Waals surface area contributed by atoms with Gasteiger partial charge in [0.2, 0.25) is 0 Å². The van der Waals surface area contributed by atoms with E-state index in [4.69, 9.17) is 10.5 Å². The van der Waals surface area contributed by atoms with Gasteiger partial charge in [-0.25, -0.2) is 4.39 Å². The lowest BCUT2D eigenvalue weighted by Gasteiger charge is -2.12. The smallest absolute Gasteiger partial charge is 0.127 e. The van der Waals surface area contributed by atoms with Crippen molar-refractivity contribution in [2.45, 2.75) is 0 Å². The molecular weight excluding hydrogens is 481 g/mol. The predicted octanol–water partition coefficient (Wildman–Crippen LogP) is 5.50. The first-order valence-corrected chi connectivity index (χ1v) is 12.2. The maximum absolute atomic E-state index is 14.6. The number of hydrogen-bond donors (Lipinski definition) is 3. The molecule has 0 aliphatic rings. The lowest BCUT2D eigenvalue weighted by molar-refractivity contribution is 0.260. The molecule has 0 aliphatic heterocycles. The predicted molar refractivity (Wildman–Crippen MR) is 148 cm³/mol. The summed E-state index contributed by atoms with van der Waals surface area (Å²) in [5.74, 6) is 0.0945. The molecule has 0 bridgehead atoms. The summed E-state index contributed by atoms with van der Waals surface area (Å²) in [6.45, 7) is 1.19. The molecule has 0 spiro atoms. The Kier molecular flexibility index (Phi) is 5.97. The zero-order chi connectivity index (χ0) is 26.2. The van der Waals surface area contributed by atoms with Crippen molar-refractivity contribution in [2.24, 2.45) is 0 Å². The first kappa shape index (κ1) is 23.6. The van der Waals surface area contributed by atoms with E-state index in [0.29, 0.717) is 29.3 Å². The quantitative estimate of drug-likeness (QED) is 0.263. The van der Waals surface area contributed by atoms with Gasteiger partial charge >= 0.3 is 0 Å². The van der Waals surface area contributed by atoms with Gasteiger partial charge in [0.15, 0.2) is 0 Å². The number of rotatable bonds is 7. The van der Waals surface area contributed by atoms with E-state index in [1.165, 1.54) is 12.1 Å². The van der Waals surface area contributed by atoms with Crippen molar-refractivity contribution in [3.05, 3.63) is 79.0 Å². The molecule has 38 heavy (non-hydrogen) atoms. The molecule has 190 valence electrons. The van der Waals surface area contributed by atoms with Gasteiger partial charge in [-0.05, 0) is 62.1 Å². The van der Waals surface area contributed by atoms with Crippen molar-refractivity contribution in [3.63, 3.8) is 0 Å². The molecule has 0 unspecified atom stereocenters. The van der Waals surface area contributed by atoms with E-state index in [-0.39, 0.29) is 5.82 Å². The van der Waals surface area contributed by atoms with Crippen LogP contribution >= 0.6 is 0 Å². The largest absolute Gasteiger partial charge is 0.492 e. The van der Waals surface area contributed by atoms with Gasteiger partial charge in [-0.2, -0.15) is 5.10 Å². The number of ether oxygens (including phenoxy) is 1. The second kappa shape index (κ2) is 9.60. The van der Waals surface area contributed by atoms with E-state index in [1.54, 1.807) is 18.6 Å². The van der Waals surface area contributed by atoms with Crippen LogP contribution < -0.4 is 10.5 Å². The maximum atomic E-state index is 14.6. The third-order valence-electron chi connectivity index (χ3n) is 6.41. The van der Waals surface area contributed by atoms with Gasteiger partial charge in [-0.15, -0.1) is 0 Å². The van der Waals surface area contributed by atoms with E-state index in [1.807, 2.05) is 55.4 Å². The average molecular weight is 508 g/mol.